The van der Waals surface area contributed by atoms with Gasteiger partial charge in [0.2, 0.25) is 0 Å². The molecule has 0 saturated carbocycles. The molecule has 1 rings (SSSR count). The van der Waals surface area contributed by atoms with Crippen LogP contribution in [0.1, 0.15) is 30.6 Å². The topological polar surface area (TPSA) is 67.4 Å². The molecular weight excluding hydrogens is 220 g/mol. The van der Waals surface area contributed by atoms with Crippen LogP contribution in [-0.2, 0) is 9.53 Å². The number of anilines is 1. The lowest BCUT2D eigenvalue weighted by atomic mass is 10.2. The summed E-state index contributed by atoms with van der Waals surface area (Å²) in [5.74, 6) is -1.17. The molecule has 0 aliphatic carbocycles. The van der Waals surface area contributed by atoms with Gasteiger partial charge in [-0.15, -0.1) is 0 Å². The summed E-state index contributed by atoms with van der Waals surface area (Å²) in [5.41, 5.74) is 6.67. The second kappa shape index (κ2) is 6.65. The molecule has 0 saturated heterocycles. The molecule has 0 aromatic heterocycles. The van der Waals surface area contributed by atoms with E-state index in [1.165, 1.54) is 0 Å². The maximum atomic E-state index is 11.7. The van der Waals surface area contributed by atoms with Crippen LogP contribution < -0.4 is 10.9 Å². The number of nitrogens with one attached hydrogen (secondary N) is 2. The van der Waals surface area contributed by atoms with Gasteiger partial charge >= 0.3 is 11.9 Å². The van der Waals surface area contributed by atoms with Gasteiger partial charge in [-0.3, -0.25) is 4.79 Å². The highest BCUT2D eigenvalue weighted by atomic mass is 16.6. The molecule has 0 radical (unpaired) electrons. The van der Waals surface area contributed by atoms with E-state index in [0.717, 1.165) is 0 Å². The summed E-state index contributed by atoms with van der Waals surface area (Å²) in [7, 11) is 0. The number of rotatable bonds is 5. The molecule has 0 fully saturated rings. The Morgan fingerprint density at radius 3 is 2.59 bits per heavy atom. The van der Waals surface area contributed by atoms with Crippen molar-refractivity contribution in [2.45, 2.75) is 20.3 Å². The zero-order valence-electron chi connectivity index (χ0n) is 9.95. The number of ether oxygens (including phenoxy) is 1. The van der Waals surface area contributed by atoms with Crippen LogP contribution in [-0.4, -0.2) is 18.5 Å². The Bertz CT molecular complexity index is 404. The van der Waals surface area contributed by atoms with Gasteiger partial charge in [0, 0.05) is 13.0 Å². The fraction of sp³-hybridized carbons (Fsp3) is 0.333. The van der Waals surface area contributed by atoms with Gasteiger partial charge in [-0.05, 0) is 12.1 Å². The molecular formula is C12H16N2O3. The van der Waals surface area contributed by atoms with Crippen molar-refractivity contribution in [1.29, 1.82) is 0 Å². The van der Waals surface area contributed by atoms with Crippen LogP contribution in [0.15, 0.2) is 24.3 Å². The summed E-state index contributed by atoms with van der Waals surface area (Å²) >= 11 is 0. The Morgan fingerprint density at radius 2 is 1.94 bits per heavy atom. The summed E-state index contributed by atoms with van der Waals surface area (Å²) in [6.07, 6.45) is 0.175. The lowest BCUT2D eigenvalue weighted by molar-refractivity contribution is -0.137. The molecule has 0 amide bonds. The largest absolute Gasteiger partial charge is 0.389 e. The van der Waals surface area contributed by atoms with E-state index in [4.69, 9.17) is 0 Å². The Hall–Kier alpha value is -1.88. The quantitative estimate of drug-likeness (QED) is 0.463. The molecule has 0 heterocycles. The van der Waals surface area contributed by atoms with Crippen LogP contribution in [0.3, 0.4) is 0 Å². The minimum Gasteiger partial charge on any atom is -0.389 e. The molecule has 0 spiro atoms. The molecule has 2 N–H and O–H groups in total. The molecule has 0 atom stereocenters. The van der Waals surface area contributed by atoms with Gasteiger partial charge in [-0.2, -0.15) is 0 Å². The highest BCUT2D eigenvalue weighted by molar-refractivity contribution is 6.00. The maximum absolute atomic E-state index is 11.7. The van der Waals surface area contributed by atoms with Crippen LogP contribution in [0.5, 0.6) is 0 Å². The van der Waals surface area contributed by atoms with Gasteiger partial charge < -0.3 is 10.2 Å². The number of benzene rings is 1. The fourth-order valence-electron chi connectivity index (χ4n) is 1.18. The highest BCUT2D eigenvalue weighted by Crippen LogP contribution is 2.15. The van der Waals surface area contributed by atoms with E-state index in [9.17, 15) is 9.59 Å². The predicted octanol–water partition coefficient (Wildman–Crippen LogP) is 1.72. The third kappa shape index (κ3) is 3.88. The van der Waals surface area contributed by atoms with E-state index < -0.39 is 11.9 Å². The molecule has 1 aromatic carbocycles. The smallest absolute Gasteiger partial charge is 0.347 e. The summed E-state index contributed by atoms with van der Waals surface area (Å²) in [6, 6.07) is 6.84. The maximum Gasteiger partial charge on any atom is 0.347 e. The lowest BCUT2D eigenvalue weighted by Gasteiger charge is -2.10. The van der Waals surface area contributed by atoms with Crippen LogP contribution in [0.2, 0.25) is 0 Å². The zero-order chi connectivity index (χ0) is 12.7. The van der Waals surface area contributed by atoms with Gasteiger partial charge in [0.25, 0.3) is 0 Å². The number of hydrogen-bond donors (Lipinski definition) is 2. The normalized spacial score (nSPS) is 9.76. The second-order valence-corrected chi connectivity index (χ2v) is 3.32. The van der Waals surface area contributed by atoms with Crippen LogP contribution in [0, 0.1) is 0 Å². The van der Waals surface area contributed by atoms with Crippen molar-refractivity contribution in [2.24, 2.45) is 0 Å². The monoisotopic (exact) mass is 236 g/mol. The summed E-state index contributed by atoms with van der Waals surface area (Å²) in [5, 5.41) is 0. The van der Waals surface area contributed by atoms with Crippen LogP contribution >= 0.6 is 0 Å². The van der Waals surface area contributed by atoms with Crippen molar-refractivity contribution >= 4 is 17.6 Å². The summed E-state index contributed by atoms with van der Waals surface area (Å²) < 4.78 is 4.66. The third-order valence-corrected chi connectivity index (χ3v) is 2.04. The van der Waals surface area contributed by atoms with E-state index in [-0.39, 0.29) is 6.42 Å². The summed E-state index contributed by atoms with van der Waals surface area (Å²) in [4.78, 5) is 22.7. The minimum atomic E-state index is -0.641. The van der Waals surface area contributed by atoms with Gasteiger partial charge in [-0.1, -0.05) is 26.0 Å². The number of hydrogen-bond acceptors (Lipinski definition) is 5. The first-order chi connectivity index (χ1) is 8.19. The van der Waals surface area contributed by atoms with Crippen LogP contribution in [0.4, 0.5) is 5.69 Å². The van der Waals surface area contributed by atoms with E-state index in [1.807, 2.05) is 6.92 Å². The molecule has 92 valence electrons. The molecule has 0 bridgehead atoms. The molecule has 5 heteroatoms. The number of esters is 2. The van der Waals surface area contributed by atoms with Crippen molar-refractivity contribution in [3.05, 3.63) is 29.8 Å². The molecule has 1 aromatic rings. The van der Waals surface area contributed by atoms with Crippen molar-refractivity contribution in [1.82, 2.24) is 5.43 Å². The van der Waals surface area contributed by atoms with E-state index in [1.54, 1.807) is 31.2 Å². The third-order valence-electron chi connectivity index (χ3n) is 2.04. The highest BCUT2D eigenvalue weighted by Gasteiger charge is 2.14. The number of carbonyl (C=O) groups is 2. The van der Waals surface area contributed by atoms with Crippen LogP contribution in [0.25, 0.3) is 0 Å². The molecule has 0 aliphatic rings. The number of hydrazine groups is 1. The minimum absolute atomic E-state index is 0.175. The Morgan fingerprint density at radius 1 is 1.24 bits per heavy atom. The summed E-state index contributed by atoms with van der Waals surface area (Å²) in [6.45, 7) is 4.27. The van der Waals surface area contributed by atoms with E-state index >= 15 is 0 Å². The van der Waals surface area contributed by atoms with Gasteiger partial charge in [0.15, 0.2) is 0 Å². The second-order valence-electron chi connectivity index (χ2n) is 3.32. The first-order valence-corrected chi connectivity index (χ1v) is 5.52. The lowest BCUT2D eigenvalue weighted by Crippen LogP contribution is -2.23. The van der Waals surface area contributed by atoms with Crippen molar-refractivity contribution < 1.29 is 14.3 Å². The van der Waals surface area contributed by atoms with Crippen molar-refractivity contribution in [3.63, 3.8) is 0 Å². The number of carbonyl (C=O) groups excluding carboxylic acids is 2. The van der Waals surface area contributed by atoms with Crippen molar-refractivity contribution in [2.75, 3.05) is 12.0 Å². The standard InChI is InChI=1S/C12H16N2O3/c1-3-11(15)17-12(16)9-7-5-6-8-10(9)14-13-4-2/h5-8,13-14H,3-4H2,1-2H3. The first kappa shape index (κ1) is 13.2. The SMILES string of the molecule is CCNNc1ccccc1C(=O)OC(=O)CC. The first-order valence-electron chi connectivity index (χ1n) is 5.52. The average Bonchev–Trinajstić information content (AvgIpc) is 2.36. The van der Waals surface area contributed by atoms with E-state index in [2.05, 4.69) is 15.6 Å². The Balaban J connectivity index is 2.81. The average molecular weight is 236 g/mol. The van der Waals surface area contributed by atoms with Gasteiger partial charge in [0.1, 0.15) is 0 Å². The molecule has 0 aliphatic heterocycles. The molecule has 5 nitrogen and oxygen atoms in total. The predicted molar refractivity (Wildman–Crippen MR) is 64.5 cm³/mol. The molecule has 0 unspecified atom stereocenters. The zero-order valence-corrected chi connectivity index (χ0v) is 9.95. The number of para-hydroxylation sites is 1. The molecule has 17 heavy (non-hydrogen) atoms. The Labute approximate surface area is 100 Å². The fourth-order valence-corrected chi connectivity index (χ4v) is 1.18. The van der Waals surface area contributed by atoms with Crippen molar-refractivity contribution in [3.8, 4) is 0 Å². The van der Waals surface area contributed by atoms with Gasteiger partial charge in [-0.25, -0.2) is 10.2 Å². The Kier molecular flexibility index (Phi) is 5.16. The van der Waals surface area contributed by atoms with Gasteiger partial charge in [0.05, 0.1) is 11.3 Å². The van der Waals surface area contributed by atoms with E-state index in [0.29, 0.717) is 17.8 Å².